The first kappa shape index (κ1) is 14.5. The van der Waals surface area contributed by atoms with Crippen LogP contribution in [-0.2, 0) is 9.84 Å². The summed E-state index contributed by atoms with van der Waals surface area (Å²) in [5, 5.41) is 0. The van der Waals surface area contributed by atoms with Crippen LogP contribution < -0.4 is 0 Å². The van der Waals surface area contributed by atoms with E-state index < -0.39 is 9.84 Å². The Hall–Kier alpha value is -0.870. The van der Waals surface area contributed by atoms with Crippen LogP contribution in [0.1, 0.15) is 30.9 Å². The summed E-state index contributed by atoms with van der Waals surface area (Å²) in [4.78, 5) is 2.78. The largest absolute Gasteiger partial charge is 0.300 e. The van der Waals surface area contributed by atoms with Crippen LogP contribution in [0.15, 0.2) is 23.1 Å². The Morgan fingerprint density at radius 1 is 1.26 bits per heavy atom. The molecule has 0 saturated heterocycles. The van der Waals surface area contributed by atoms with Crippen molar-refractivity contribution in [2.75, 3.05) is 18.8 Å². The molecule has 1 aliphatic carbocycles. The molecule has 0 amide bonds. The van der Waals surface area contributed by atoms with Crippen LogP contribution in [0.3, 0.4) is 0 Å². The van der Waals surface area contributed by atoms with Crippen molar-refractivity contribution in [3.8, 4) is 0 Å². The summed E-state index contributed by atoms with van der Waals surface area (Å²) in [5.41, 5.74) is 1.85. The second kappa shape index (κ2) is 5.63. The molecule has 2 rings (SSSR count). The minimum atomic E-state index is -3.17. The van der Waals surface area contributed by atoms with E-state index in [2.05, 4.69) is 11.8 Å². The second-order valence-electron chi connectivity index (χ2n) is 5.45. The molecule has 3 nitrogen and oxygen atoms in total. The lowest BCUT2D eigenvalue weighted by Gasteiger charge is -2.19. The van der Waals surface area contributed by atoms with Gasteiger partial charge in [0.05, 0.1) is 10.6 Å². The van der Waals surface area contributed by atoms with E-state index in [4.69, 9.17) is 0 Å². The monoisotopic (exact) mass is 281 g/mol. The van der Waals surface area contributed by atoms with Gasteiger partial charge in [0.2, 0.25) is 0 Å². The van der Waals surface area contributed by atoms with Gasteiger partial charge < -0.3 is 0 Å². The van der Waals surface area contributed by atoms with E-state index in [1.165, 1.54) is 12.8 Å². The minimum absolute atomic E-state index is 0.224. The van der Waals surface area contributed by atoms with E-state index >= 15 is 0 Å². The van der Waals surface area contributed by atoms with Gasteiger partial charge in [-0.05, 0) is 50.4 Å². The number of benzene rings is 1. The maximum absolute atomic E-state index is 12.4. The van der Waals surface area contributed by atoms with Gasteiger partial charge in [-0.15, -0.1) is 0 Å². The van der Waals surface area contributed by atoms with Crippen LogP contribution in [0, 0.1) is 13.8 Å². The van der Waals surface area contributed by atoms with Crippen LogP contribution in [-0.4, -0.2) is 38.2 Å². The van der Waals surface area contributed by atoms with Gasteiger partial charge in [0.15, 0.2) is 9.84 Å². The zero-order valence-corrected chi connectivity index (χ0v) is 12.8. The maximum Gasteiger partial charge on any atom is 0.179 e. The number of hydrogen-bond donors (Lipinski definition) is 0. The highest BCUT2D eigenvalue weighted by molar-refractivity contribution is 7.91. The average Bonchev–Trinajstić information content (AvgIpc) is 3.17. The van der Waals surface area contributed by atoms with Crippen LogP contribution >= 0.6 is 0 Å². The molecule has 0 heterocycles. The van der Waals surface area contributed by atoms with Crippen molar-refractivity contribution in [2.24, 2.45) is 0 Å². The molecule has 1 aromatic carbocycles. The highest BCUT2D eigenvalue weighted by Gasteiger charge is 2.29. The standard InChI is InChI=1S/C15H23NO2S/c1-4-16(14-7-8-14)9-10-19(17,18)15-11-12(2)5-6-13(15)3/h5-6,11,14H,4,7-10H2,1-3H3. The average molecular weight is 281 g/mol. The lowest BCUT2D eigenvalue weighted by atomic mass is 10.2. The molecule has 19 heavy (non-hydrogen) atoms. The molecule has 0 aliphatic heterocycles. The number of nitrogens with zero attached hydrogens (tertiary/aromatic N) is 1. The third-order valence-corrected chi connectivity index (χ3v) is 5.63. The SMILES string of the molecule is CCN(CCS(=O)(=O)c1cc(C)ccc1C)C1CC1. The van der Waals surface area contributed by atoms with Gasteiger partial charge in [0.1, 0.15) is 0 Å². The topological polar surface area (TPSA) is 37.4 Å². The normalized spacial score (nSPS) is 16.0. The van der Waals surface area contributed by atoms with E-state index in [1.807, 2.05) is 26.0 Å². The zero-order valence-electron chi connectivity index (χ0n) is 12.0. The molecular formula is C15H23NO2S. The molecule has 0 spiro atoms. The molecule has 0 bridgehead atoms. The number of aryl methyl sites for hydroxylation is 2. The molecule has 4 heteroatoms. The highest BCUT2D eigenvalue weighted by Crippen LogP contribution is 2.27. The smallest absolute Gasteiger partial charge is 0.179 e. The van der Waals surface area contributed by atoms with Crippen molar-refractivity contribution in [2.45, 2.75) is 44.6 Å². The lowest BCUT2D eigenvalue weighted by molar-refractivity contribution is 0.294. The van der Waals surface area contributed by atoms with E-state index in [-0.39, 0.29) is 5.75 Å². The van der Waals surface area contributed by atoms with Gasteiger partial charge in [-0.3, -0.25) is 4.90 Å². The Labute approximate surface area is 116 Å². The van der Waals surface area contributed by atoms with E-state index in [0.717, 1.165) is 17.7 Å². The van der Waals surface area contributed by atoms with Crippen molar-refractivity contribution in [1.82, 2.24) is 4.90 Å². The molecule has 0 unspecified atom stereocenters. The number of sulfone groups is 1. The van der Waals surface area contributed by atoms with E-state index in [1.54, 1.807) is 6.07 Å². The molecule has 1 fully saturated rings. The first-order valence-electron chi connectivity index (χ1n) is 6.98. The fourth-order valence-electron chi connectivity index (χ4n) is 2.43. The third kappa shape index (κ3) is 3.57. The summed E-state index contributed by atoms with van der Waals surface area (Å²) in [7, 11) is -3.17. The molecule has 0 aromatic heterocycles. The lowest BCUT2D eigenvalue weighted by Crippen LogP contribution is -2.31. The third-order valence-electron chi connectivity index (χ3n) is 3.80. The Bertz CT molecular complexity index is 547. The summed E-state index contributed by atoms with van der Waals surface area (Å²) in [6, 6.07) is 6.26. The molecule has 1 aromatic rings. The first-order chi connectivity index (χ1) is 8.94. The van der Waals surface area contributed by atoms with Crippen molar-refractivity contribution in [1.29, 1.82) is 0 Å². The Balaban J connectivity index is 2.11. The van der Waals surface area contributed by atoms with Gasteiger partial charge in [-0.25, -0.2) is 8.42 Å². The molecule has 0 N–H and O–H groups in total. The fourth-order valence-corrected chi connectivity index (χ4v) is 4.05. The van der Waals surface area contributed by atoms with Gasteiger partial charge >= 0.3 is 0 Å². The fraction of sp³-hybridized carbons (Fsp3) is 0.600. The van der Waals surface area contributed by atoms with Gasteiger partial charge in [0, 0.05) is 12.6 Å². The van der Waals surface area contributed by atoms with Crippen LogP contribution in [0.25, 0.3) is 0 Å². The quantitative estimate of drug-likeness (QED) is 0.804. The first-order valence-corrected chi connectivity index (χ1v) is 8.63. The van der Waals surface area contributed by atoms with Crippen LogP contribution in [0.4, 0.5) is 0 Å². The summed E-state index contributed by atoms with van der Waals surface area (Å²) in [6.45, 7) is 7.48. The Kier molecular flexibility index (Phi) is 4.31. The summed E-state index contributed by atoms with van der Waals surface area (Å²) >= 11 is 0. The van der Waals surface area contributed by atoms with Crippen LogP contribution in [0.5, 0.6) is 0 Å². The second-order valence-corrected chi connectivity index (χ2v) is 7.53. The molecule has 1 saturated carbocycles. The Morgan fingerprint density at radius 2 is 1.95 bits per heavy atom. The van der Waals surface area contributed by atoms with Gasteiger partial charge in [0.25, 0.3) is 0 Å². The summed E-state index contributed by atoms with van der Waals surface area (Å²) in [6.07, 6.45) is 2.44. The molecule has 1 aliphatic rings. The van der Waals surface area contributed by atoms with Crippen molar-refractivity contribution >= 4 is 9.84 Å². The number of rotatable bonds is 6. The molecule has 106 valence electrons. The van der Waals surface area contributed by atoms with E-state index in [9.17, 15) is 8.42 Å². The van der Waals surface area contributed by atoms with Crippen molar-refractivity contribution < 1.29 is 8.42 Å². The van der Waals surface area contributed by atoms with Gasteiger partial charge in [-0.2, -0.15) is 0 Å². The predicted molar refractivity (Wildman–Crippen MR) is 78.2 cm³/mol. The van der Waals surface area contributed by atoms with Gasteiger partial charge in [-0.1, -0.05) is 19.1 Å². The predicted octanol–water partition coefficient (Wildman–Crippen LogP) is 2.56. The highest BCUT2D eigenvalue weighted by atomic mass is 32.2. The Morgan fingerprint density at radius 3 is 2.53 bits per heavy atom. The van der Waals surface area contributed by atoms with Crippen molar-refractivity contribution in [3.05, 3.63) is 29.3 Å². The van der Waals surface area contributed by atoms with Crippen LogP contribution in [0.2, 0.25) is 0 Å². The maximum atomic E-state index is 12.4. The molecule has 0 atom stereocenters. The van der Waals surface area contributed by atoms with Crippen molar-refractivity contribution in [3.63, 3.8) is 0 Å². The van der Waals surface area contributed by atoms with E-state index in [0.29, 0.717) is 17.5 Å². The summed E-state index contributed by atoms with van der Waals surface area (Å²) in [5.74, 6) is 0.224. The minimum Gasteiger partial charge on any atom is -0.300 e. The molecular weight excluding hydrogens is 258 g/mol. The number of hydrogen-bond acceptors (Lipinski definition) is 3. The summed E-state index contributed by atoms with van der Waals surface area (Å²) < 4.78 is 24.9. The molecule has 0 radical (unpaired) electrons. The zero-order chi connectivity index (χ0) is 14.0.